The zero-order valence-electron chi connectivity index (χ0n) is 10.4. The van der Waals surface area contributed by atoms with E-state index in [9.17, 15) is 4.79 Å². The molecule has 3 rings (SSSR count). The van der Waals surface area contributed by atoms with Crippen LogP contribution in [-0.2, 0) is 0 Å². The van der Waals surface area contributed by atoms with E-state index in [1.54, 1.807) is 18.2 Å². The number of amides is 1. The van der Waals surface area contributed by atoms with Crippen molar-refractivity contribution in [3.05, 3.63) is 23.8 Å². The lowest BCUT2D eigenvalue weighted by molar-refractivity contribution is 0.0924. The molecule has 0 saturated heterocycles. The average molecular weight is 245 g/mol. The van der Waals surface area contributed by atoms with Crippen LogP contribution in [0.25, 0.3) is 0 Å². The van der Waals surface area contributed by atoms with Gasteiger partial charge in [0.2, 0.25) is 0 Å². The van der Waals surface area contributed by atoms with E-state index in [-0.39, 0.29) is 5.91 Å². The van der Waals surface area contributed by atoms with Crippen LogP contribution in [0.4, 0.5) is 11.4 Å². The van der Waals surface area contributed by atoms with Crippen molar-refractivity contribution < 1.29 is 4.79 Å². The number of nitrogen functional groups attached to an aromatic ring is 2. The third kappa shape index (κ3) is 1.92. The molecule has 3 atom stereocenters. The molecule has 4 heteroatoms. The Morgan fingerprint density at radius 1 is 1.22 bits per heavy atom. The number of rotatable bonds is 2. The van der Waals surface area contributed by atoms with E-state index in [0.29, 0.717) is 28.9 Å². The highest BCUT2D eigenvalue weighted by Crippen LogP contribution is 2.44. The molecule has 0 spiro atoms. The summed E-state index contributed by atoms with van der Waals surface area (Å²) < 4.78 is 0. The number of anilines is 2. The van der Waals surface area contributed by atoms with Crippen LogP contribution in [0.2, 0.25) is 0 Å². The Morgan fingerprint density at radius 2 is 2.06 bits per heavy atom. The lowest BCUT2D eigenvalue weighted by Gasteiger charge is -2.23. The molecule has 2 aliphatic carbocycles. The molecule has 2 fully saturated rings. The van der Waals surface area contributed by atoms with Gasteiger partial charge in [0, 0.05) is 17.4 Å². The molecule has 1 aromatic carbocycles. The molecule has 1 amide bonds. The minimum Gasteiger partial charge on any atom is -0.399 e. The van der Waals surface area contributed by atoms with Gasteiger partial charge in [0.15, 0.2) is 0 Å². The van der Waals surface area contributed by atoms with Crippen molar-refractivity contribution in [3.63, 3.8) is 0 Å². The zero-order chi connectivity index (χ0) is 12.7. The Hall–Kier alpha value is -1.71. The maximum absolute atomic E-state index is 12.2. The maximum Gasteiger partial charge on any atom is 0.253 e. The lowest BCUT2D eigenvalue weighted by Crippen LogP contribution is -2.38. The first kappa shape index (κ1) is 11.4. The number of nitrogens with one attached hydrogen (secondary N) is 1. The summed E-state index contributed by atoms with van der Waals surface area (Å²) >= 11 is 0. The van der Waals surface area contributed by atoms with Gasteiger partial charge in [0.1, 0.15) is 0 Å². The molecule has 2 saturated carbocycles. The number of carbonyl (C=O) groups excluding carboxylic acids is 1. The van der Waals surface area contributed by atoms with Crippen molar-refractivity contribution in [1.29, 1.82) is 0 Å². The van der Waals surface area contributed by atoms with Gasteiger partial charge in [-0.05, 0) is 49.3 Å². The molecular formula is C14H19N3O. The molecule has 0 aromatic heterocycles. The van der Waals surface area contributed by atoms with Crippen LogP contribution in [0, 0.1) is 11.8 Å². The van der Waals surface area contributed by atoms with E-state index < -0.39 is 0 Å². The van der Waals surface area contributed by atoms with Gasteiger partial charge in [0.25, 0.3) is 5.91 Å². The molecule has 5 N–H and O–H groups in total. The quantitative estimate of drug-likeness (QED) is 0.694. The first-order valence-corrected chi connectivity index (χ1v) is 6.59. The standard InChI is InChI=1S/C14H19N3O/c15-10-3-4-11(12(16)7-10)14(18)17-13-6-8-1-2-9(13)5-8/h3-4,7-9,13H,1-2,5-6,15-16H2,(H,17,18). The summed E-state index contributed by atoms with van der Waals surface area (Å²) in [5.74, 6) is 1.43. The molecule has 18 heavy (non-hydrogen) atoms. The van der Waals surface area contributed by atoms with Crippen LogP contribution in [0.15, 0.2) is 18.2 Å². The summed E-state index contributed by atoms with van der Waals surface area (Å²) in [5, 5.41) is 3.13. The smallest absolute Gasteiger partial charge is 0.253 e. The van der Waals surface area contributed by atoms with E-state index in [0.717, 1.165) is 12.3 Å². The Bertz CT molecular complexity index is 486. The van der Waals surface area contributed by atoms with E-state index in [1.807, 2.05) is 0 Å². The first-order chi connectivity index (χ1) is 8.63. The largest absolute Gasteiger partial charge is 0.399 e. The van der Waals surface area contributed by atoms with E-state index in [2.05, 4.69) is 5.32 Å². The highest BCUT2D eigenvalue weighted by atomic mass is 16.1. The van der Waals surface area contributed by atoms with Crippen molar-refractivity contribution in [1.82, 2.24) is 5.32 Å². The Kier molecular flexibility index (Phi) is 2.65. The summed E-state index contributed by atoms with van der Waals surface area (Å²) in [5.41, 5.74) is 13.0. The second-order valence-corrected chi connectivity index (χ2v) is 5.60. The summed E-state index contributed by atoms with van der Waals surface area (Å²) in [6, 6.07) is 5.39. The molecule has 4 nitrogen and oxygen atoms in total. The molecule has 3 unspecified atom stereocenters. The van der Waals surface area contributed by atoms with Crippen molar-refractivity contribution >= 4 is 17.3 Å². The van der Waals surface area contributed by atoms with Gasteiger partial charge >= 0.3 is 0 Å². The van der Waals surface area contributed by atoms with Crippen molar-refractivity contribution in [2.75, 3.05) is 11.5 Å². The van der Waals surface area contributed by atoms with Crippen LogP contribution in [0.3, 0.4) is 0 Å². The predicted molar refractivity (Wildman–Crippen MR) is 72.0 cm³/mol. The Morgan fingerprint density at radius 3 is 2.67 bits per heavy atom. The fourth-order valence-corrected chi connectivity index (χ4v) is 3.46. The van der Waals surface area contributed by atoms with Crippen LogP contribution >= 0.6 is 0 Å². The normalized spacial score (nSPS) is 29.4. The second-order valence-electron chi connectivity index (χ2n) is 5.60. The van der Waals surface area contributed by atoms with Crippen molar-refractivity contribution in [3.8, 4) is 0 Å². The number of hydrogen-bond acceptors (Lipinski definition) is 3. The summed E-state index contributed by atoms with van der Waals surface area (Å²) in [6.45, 7) is 0. The molecule has 96 valence electrons. The van der Waals surface area contributed by atoms with Crippen molar-refractivity contribution in [2.45, 2.75) is 31.7 Å². The molecule has 0 heterocycles. The van der Waals surface area contributed by atoms with Crippen LogP contribution < -0.4 is 16.8 Å². The highest BCUT2D eigenvalue weighted by Gasteiger charge is 2.40. The van der Waals surface area contributed by atoms with Gasteiger partial charge in [-0.1, -0.05) is 6.42 Å². The maximum atomic E-state index is 12.2. The van der Waals surface area contributed by atoms with Crippen LogP contribution in [0.5, 0.6) is 0 Å². The van der Waals surface area contributed by atoms with Gasteiger partial charge < -0.3 is 16.8 Å². The molecule has 2 bridgehead atoms. The van der Waals surface area contributed by atoms with Gasteiger partial charge in [-0.15, -0.1) is 0 Å². The summed E-state index contributed by atoms with van der Waals surface area (Å²) in [4.78, 5) is 12.2. The number of fused-ring (bicyclic) bond motifs is 2. The Labute approximate surface area is 107 Å². The third-order valence-electron chi connectivity index (χ3n) is 4.37. The van der Waals surface area contributed by atoms with Gasteiger partial charge in [-0.3, -0.25) is 4.79 Å². The SMILES string of the molecule is Nc1ccc(C(=O)NC2CC3CCC2C3)c(N)c1. The molecule has 0 aliphatic heterocycles. The summed E-state index contributed by atoms with van der Waals surface area (Å²) in [7, 11) is 0. The van der Waals surface area contributed by atoms with Crippen LogP contribution in [-0.4, -0.2) is 11.9 Å². The molecule has 1 aromatic rings. The topological polar surface area (TPSA) is 81.1 Å². The van der Waals surface area contributed by atoms with Gasteiger partial charge in [-0.2, -0.15) is 0 Å². The lowest BCUT2D eigenvalue weighted by atomic mass is 9.95. The molecule has 0 radical (unpaired) electrons. The number of benzene rings is 1. The minimum absolute atomic E-state index is 0.0648. The number of hydrogen-bond donors (Lipinski definition) is 3. The average Bonchev–Trinajstić information content (AvgIpc) is 2.90. The monoisotopic (exact) mass is 245 g/mol. The number of carbonyl (C=O) groups is 1. The van der Waals surface area contributed by atoms with Gasteiger partial charge in [0.05, 0.1) is 5.56 Å². The Balaban J connectivity index is 1.71. The fraction of sp³-hybridized carbons (Fsp3) is 0.500. The third-order valence-corrected chi connectivity index (χ3v) is 4.37. The van der Waals surface area contributed by atoms with E-state index in [4.69, 9.17) is 11.5 Å². The van der Waals surface area contributed by atoms with Crippen LogP contribution in [0.1, 0.15) is 36.0 Å². The second kappa shape index (κ2) is 4.19. The molecular weight excluding hydrogens is 226 g/mol. The zero-order valence-corrected chi connectivity index (χ0v) is 10.4. The fourth-order valence-electron chi connectivity index (χ4n) is 3.46. The minimum atomic E-state index is -0.0648. The highest BCUT2D eigenvalue weighted by molar-refractivity contribution is 5.99. The van der Waals surface area contributed by atoms with E-state index in [1.165, 1.54) is 19.3 Å². The first-order valence-electron chi connectivity index (χ1n) is 6.59. The van der Waals surface area contributed by atoms with Crippen molar-refractivity contribution in [2.24, 2.45) is 11.8 Å². The predicted octanol–water partition coefficient (Wildman–Crippen LogP) is 1.77. The molecule has 2 aliphatic rings. The van der Waals surface area contributed by atoms with Gasteiger partial charge in [-0.25, -0.2) is 0 Å². The summed E-state index contributed by atoms with van der Waals surface area (Å²) in [6.07, 6.45) is 5.00. The number of nitrogens with two attached hydrogens (primary N) is 2. The van der Waals surface area contributed by atoms with E-state index >= 15 is 0 Å².